The van der Waals surface area contributed by atoms with E-state index in [2.05, 4.69) is 10.3 Å². The van der Waals surface area contributed by atoms with Crippen LogP contribution in [-0.2, 0) is 6.54 Å². The molecule has 1 aromatic rings. The van der Waals surface area contributed by atoms with Gasteiger partial charge in [-0.05, 0) is 30.4 Å². The second kappa shape index (κ2) is 6.95. The lowest BCUT2D eigenvalue weighted by Crippen LogP contribution is -2.48. The van der Waals surface area contributed by atoms with Crippen LogP contribution in [0.2, 0.25) is 0 Å². The molecule has 8 heteroatoms. The lowest BCUT2D eigenvalue weighted by atomic mass is 9.91. The Morgan fingerprint density at radius 3 is 2.68 bits per heavy atom. The lowest BCUT2D eigenvalue weighted by molar-refractivity contribution is -0.222. The SMILES string of the molecule is O=C(NCc1cccnc1)N1CCC([C@@H](O)C(F)(F)F)CC1. The molecule has 0 spiro atoms. The molecule has 2 heterocycles. The number of piperidine rings is 1. The van der Waals surface area contributed by atoms with Crippen LogP contribution in [0.4, 0.5) is 18.0 Å². The minimum atomic E-state index is -4.60. The number of nitrogens with one attached hydrogen (secondary N) is 1. The summed E-state index contributed by atoms with van der Waals surface area (Å²) >= 11 is 0. The summed E-state index contributed by atoms with van der Waals surface area (Å²) in [6, 6.07) is 3.26. The maximum absolute atomic E-state index is 12.4. The van der Waals surface area contributed by atoms with Gasteiger partial charge in [-0.3, -0.25) is 4.98 Å². The fourth-order valence-electron chi connectivity index (χ4n) is 2.48. The first kappa shape index (κ1) is 16.5. The van der Waals surface area contributed by atoms with E-state index in [4.69, 9.17) is 0 Å². The van der Waals surface area contributed by atoms with E-state index in [1.54, 1.807) is 18.5 Å². The van der Waals surface area contributed by atoms with E-state index >= 15 is 0 Å². The van der Waals surface area contributed by atoms with Gasteiger partial charge < -0.3 is 15.3 Å². The highest BCUT2D eigenvalue weighted by Crippen LogP contribution is 2.31. The Balaban J connectivity index is 1.78. The Bertz CT molecular complexity index is 488. The van der Waals surface area contributed by atoms with Crippen LogP contribution in [0, 0.1) is 5.92 Å². The van der Waals surface area contributed by atoms with Crippen molar-refractivity contribution in [1.82, 2.24) is 15.2 Å². The number of halogens is 3. The molecule has 5 nitrogen and oxygen atoms in total. The van der Waals surface area contributed by atoms with Crippen LogP contribution in [0.3, 0.4) is 0 Å². The third kappa shape index (κ3) is 4.33. The normalized spacial score (nSPS) is 18.1. The van der Waals surface area contributed by atoms with Crippen LogP contribution in [0.25, 0.3) is 0 Å². The quantitative estimate of drug-likeness (QED) is 0.895. The molecule has 2 amide bonds. The maximum Gasteiger partial charge on any atom is 0.414 e. The highest BCUT2D eigenvalue weighted by molar-refractivity contribution is 5.74. The fourth-order valence-corrected chi connectivity index (χ4v) is 2.48. The second-order valence-electron chi connectivity index (χ2n) is 5.33. The van der Waals surface area contributed by atoms with Crippen molar-refractivity contribution in [3.05, 3.63) is 30.1 Å². The van der Waals surface area contributed by atoms with Crippen LogP contribution in [0.15, 0.2) is 24.5 Å². The van der Waals surface area contributed by atoms with Crippen molar-refractivity contribution in [2.75, 3.05) is 13.1 Å². The average Bonchev–Trinajstić information content (AvgIpc) is 2.52. The molecular weight excluding hydrogens is 299 g/mol. The van der Waals surface area contributed by atoms with E-state index in [1.807, 2.05) is 6.07 Å². The molecule has 1 fully saturated rings. The number of amides is 2. The van der Waals surface area contributed by atoms with E-state index in [9.17, 15) is 23.1 Å². The van der Waals surface area contributed by atoms with Gasteiger partial charge in [0.1, 0.15) is 0 Å². The molecule has 1 saturated heterocycles. The van der Waals surface area contributed by atoms with E-state index in [1.165, 1.54) is 4.90 Å². The molecular formula is C14H18F3N3O2. The number of nitrogens with zero attached hydrogens (tertiary/aromatic N) is 2. The highest BCUT2D eigenvalue weighted by Gasteiger charge is 2.44. The third-order valence-electron chi connectivity index (χ3n) is 3.78. The minimum absolute atomic E-state index is 0.140. The Hall–Kier alpha value is -1.83. The van der Waals surface area contributed by atoms with Crippen LogP contribution < -0.4 is 5.32 Å². The number of aromatic nitrogens is 1. The molecule has 0 aromatic carbocycles. The van der Waals surface area contributed by atoms with Gasteiger partial charge in [-0.25, -0.2) is 4.79 Å². The summed E-state index contributed by atoms with van der Waals surface area (Å²) in [4.78, 5) is 17.4. The first-order chi connectivity index (χ1) is 10.4. The molecule has 1 atom stereocenters. The van der Waals surface area contributed by atoms with Crippen molar-refractivity contribution in [1.29, 1.82) is 0 Å². The molecule has 0 radical (unpaired) electrons. The van der Waals surface area contributed by atoms with Crippen molar-refractivity contribution >= 4 is 6.03 Å². The predicted molar refractivity (Wildman–Crippen MR) is 72.8 cm³/mol. The molecule has 22 heavy (non-hydrogen) atoms. The van der Waals surface area contributed by atoms with Crippen molar-refractivity contribution in [2.45, 2.75) is 31.7 Å². The maximum atomic E-state index is 12.4. The number of alkyl halides is 3. The number of hydrogen-bond donors (Lipinski definition) is 2. The topological polar surface area (TPSA) is 65.5 Å². The largest absolute Gasteiger partial charge is 0.414 e. The number of urea groups is 1. The molecule has 0 unspecified atom stereocenters. The van der Waals surface area contributed by atoms with Crippen molar-refractivity contribution in [2.24, 2.45) is 5.92 Å². The second-order valence-corrected chi connectivity index (χ2v) is 5.33. The van der Waals surface area contributed by atoms with Crippen LogP contribution in [-0.4, -0.2) is 46.4 Å². The molecule has 1 aliphatic rings. The summed E-state index contributed by atoms with van der Waals surface area (Å²) in [5.41, 5.74) is 0.846. The number of carbonyl (C=O) groups is 1. The third-order valence-corrected chi connectivity index (χ3v) is 3.78. The van der Waals surface area contributed by atoms with Gasteiger partial charge >= 0.3 is 12.2 Å². The summed E-state index contributed by atoms with van der Waals surface area (Å²) in [6.07, 6.45) is -3.38. The Morgan fingerprint density at radius 2 is 2.14 bits per heavy atom. The minimum Gasteiger partial charge on any atom is -0.383 e. The standard InChI is InChI=1S/C14H18F3N3O2/c15-14(16,17)12(21)11-3-6-20(7-4-11)13(22)19-9-10-2-1-5-18-8-10/h1-2,5,8,11-12,21H,3-4,6-7,9H2,(H,19,22)/t12-/m1/s1. The lowest BCUT2D eigenvalue weighted by Gasteiger charge is -2.34. The highest BCUT2D eigenvalue weighted by atomic mass is 19.4. The summed E-state index contributed by atoms with van der Waals surface area (Å²) in [5, 5.41) is 11.9. The van der Waals surface area contributed by atoms with Gasteiger partial charge in [0, 0.05) is 32.0 Å². The van der Waals surface area contributed by atoms with Gasteiger partial charge in [-0.2, -0.15) is 13.2 Å². The first-order valence-corrected chi connectivity index (χ1v) is 7.04. The van der Waals surface area contributed by atoms with Gasteiger partial charge in [-0.15, -0.1) is 0 Å². The Morgan fingerprint density at radius 1 is 1.45 bits per heavy atom. The summed E-state index contributed by atoms with van der Waals surface area (Å²) in [6.45, 7) is 0.727. The van der Waals surface area contributed by atoms with Gasteiger partial charge in [0.2, 0.25) is 0 Å². The van der Waals surface area contributed by atoms with Crippen LogP contribution >= 0.6 is 0 Å². The molecule has 1 aliphatic heterocycles. The summed E-state index contributed by atoms with van der Waals surface area (Å²) in [5.74, 6) is -0.845. The number of pyridine rings is 1. The van der Waals surface area contributed by atoms with Gasteiger partial charge in [0.25, 0.3) is 0 Å². The smallest absolute Gasteiger partial charge is 0.383 e. The molecule has 0 bridgehead atoms. The zero-order valence-electron chi connectivity index (χ0n) is 11.9. The fraction of sp³-hybridized carbons (Fsp3) is 0.571. The van der Waals surface area contributed by atoms with Crippen LogP contribution in [0.1, 0.15) is 18.4 Å². The zero-order chi connectivity index (χ0) is 16.2. The van der Waals surface area contributed by atoms with E-state index < -0.39 is 18.2 Å². The molecule has 0 aliphatic carbocycles. The van der Waals surface area contributed by atoms with Gasteiger partial charge in [0.15, 0.2) is 6.10 Å². The average molecular weight is 317 g/mol. The van der Waals surface area contributed by atoms with E-state index in [-0.39, 0.29) is 32.0 Å². The van der Waals surface area contributed by atoms with Crippen molar-refractivity contribution in [3.63, 3.8) is 0 Å². The van der Waals surface area contributed by atoms with Crippen molar-refractivity contribution < 1.29 is 23.1 Å². The van der Waals surface area contributed by atoms with Crippen molar-refractivity contribution in [3.8, 4) is 0 Å². The Kier molecular flexibility index (Phi) is 5.23. The predicted octanol–water partition coefficient (Wildman–Crippen LogP) is 1.93. The summed E-state index contributed by atoms with van der Waals surface area (Å²) in [7, 11) is 0. The number of aliphatic hydroxyl groups is 1. The molecule has 2 rings (SSSR count). The van der Waals surface area contributed by atoms with Gasteiger partial charge in [0.05, 0.1) is 0 Å². The monoisotopic (exact) mass is 317 g/mol. The van der Waals surface area contributed by atoms with E-state index in [0.29, 0.717) is 6.54 Å². The number of hydrogen-bond acceptors (Lipinski definition) is 3. The molecule has 2 N–H and O–H groups in total. The zero-order valence-corrected chi connectivity index (χ0v) is 11.9. The van der Waals surface area contributed by atoms with Crippen LogP contribution in [0.5, 0.6) is 0 Å². The molecule has 1 aromatic heterocycles. The van der Waals surface area contributed by atoms with Gasteiger partial charge in [-0.1, -0.05) is 6.07 Å². The molecule has 122 valence electrons. The number of likely N-dealkylation sites (tertiary alicyclic amines) is 1. The Labute approximate surface area is 126 Å². The first-order valence-electron chi connectivity index (χ1n) is 7.04. The summed E-state index contributed by atoms with van der Waals surface area (Å²) < 4.78 is 37.3. The number of aliphatic hydroxyl groups excluding tert-OH is 1. The van der Waals surface area contributed by atoms with E-state index in [0.717, 1.165) is 5.56 Å². The molecule has 0 saturated carbocycles. The number of carbonyl (C=O) groups excluding carboxylic acids is 1. The number of rotatable bonds is 3.